The van der Waals surface area contributed by atoms with Crippen LogP contribution in [0.5, 0.6) is 5.75 Å². The minimum absolute atomic E-state index is 0.0426. The Morgan fingerprint density at radius 2 is 1.59 bits per heavy atom. The maximum atomic E-state index is 10.8. The van der Waals surface area contributed by atoms with Crippen molar-refractivity contribution in [3.8, 4) is 5.75 Å². The molecule has 0 amide bonds. The summed E-state index contributed by atoms with van der Waals surface area (Å²) in [7, 11) is 0. The molecule has 0 radical (unpaired) electrons. The lowest BCUT2D eigenvalue weighted by atomic mass is 10.0. The molecule has 5 nitrogen and oxygen atoms in total. The van der Waals surface area contributed by atoms with Crippen LogP contribution >= 0.6 is 0 Å². The van der Waals surface area contributed by atoms with Gasteiger partial charge in [-0.25, -0.2) is 0 Å². The number of hydrogen-bond donors (Lipinski definition) is 0. The van der Waals surface area contributed by atoms with E-state index in [0.29, 0.717) is 12.3 Å². The topological polar surface area (TPSA) is 64.7 Å². The maximum Gasteiger partial charge on any atom is 0.269 e. The number of non-ortho nitro benzene ring substituents is 1. The average Bonchev–Trinajstić information content (AvgIpc) is 2.77. The van der Waals surface area contributed by atoms with Crippen LogP contribution in [-0.4, -0.2) is 11.1 Å². The van der Waals surface area contributed by atoms with Crippen molar-refractivity contribution in [2.24, 2.45) is 4.99 Å². The molecular weight excluding hydrogens is 364 g/mol. The zero-order valence-corrected chi connectivity index (χ0v) is 15.6. The summed E-state index contributed by atoms with van der Waals surface area (Å²) in [5.74, 6) is 0.734. The van der Waals surface area contributed by atoms with E-state index < -0.39 is 4.92 Å². The highest BCUT2D eigenvalue weighted by Crippen LogP contribution is 2.28. The summed E-state index contributed by atoms with van der Waals surface area (Å²) in [6.45, 7) is 0.456. The number of aliphatic imine (C=N–C) groups is 1. The molecule has 0 aliphatic rings. The quantitative estimate of drug-likeness (QED) is 0.231. The molecule has 0 saturated carbocycles. The summed E-state index contributed by atoms with van der Waals surface area (Å²) >= 11 is 0. The van der Waals surface area contributed by atoms with Gasteiger partial charge in [-0.15, -0.1) is 0 Å². The van der Waals surface area contributed by atoms with Gasteiger partial charge in [0.15, 0.2) is 0 Å². The van der Waals surface area contributed by atoms with Crippen molar-refractivity contribution in [1.82, 2.24) is 0 Å². The van der Waals surface area contributed by atoms with Crippen LogP contribution in [0.25, 0.3) is 10.8 Å². The number of rotatable bonds is 6. The summed E-state index contributed by atoms with van der Waals surface area (Å²) in [6.07, 6.45) is 1.75. The third-order valence-corrected chi connectivity index (χ3v) is 4.57. The number of hydrogen-bond acceptors (Lipinski definition) is 4. The Morgan fingerprint density at radius 3 is 2.34 bits per heavy atom. The molecule has 29 heavy (non-hydrogen) atoms. The van der Waals surface area contributed by atoms with Crippen molar-refractivity contribution in [1.29, 1.82) is 0 Å². The molecule has 0 atom stereocenters. The normalized spacial score (nSPS) is 11.0. The van der Waals surface area contributed by atoms with Crippen LogP contribution in [0, 0.1) is 10.1 Å². The second kappa shape index (κ2) is 8.35. The lowest BCUT2D eigenvalue weighted by Gasteiger charge is -2.12. The van der Waals surface area contributed by atoms with E-state index in [4.69, 9.17) is 4.74 Å². The highest BCUT2D eigenvalue weighted by molar-refractivity contribution is 6.03. The Labute approximate surface area is 168 Å². The van der Waals surface area contributed by atoms with Crippen molar-refractivity contribution >= 4 is 28.4 Å². The number of nitro benzene ring substituents is 1. The monoisotopic (exact) mass is 382 g/mol. The number of benzene rings is 4. The lowest BCUT2D eigenvalue weighted by molar-refractivity contribution is -0.384. The van der Waals surface area contributed by atoms with Crippen LogP contribution in [0.15, 0.2) is 96.0 Å². The number of nitrogens with zero attached hydrogens (tertiary/aromatic N) is 2. The molecule has 0 fully saturated rings. The van der Waals surface area contributed by atoms with Gasteiger partial charge >= 0.3 is 0 Å². The van der Waals surface area contributed by atoms with E-state index in [2.05, 4.69) is 4.99 Å². The largest absolute Gasteiger partial charge is 0.488 e. The van der Waals surface area contributed by atoms with Gasteiger partial charge in [0.2, 0.25) is 0 Å². The Balaban J connectivity index is 1.67. The summed E-state index contributed by atoms with van der Waals surface area (Å²) in [5.41, 5.74) is 2.63. The summed E-state index contributed by atoms with van der Waals surface area (Å²) < 4.78 is 6.09. The predicted molar refractivity (Wildman–Crippen MR) is 115 cm³/mol. The van der Waals surface area contributed by atoms with Crippen LogP contribution in [-0.2, 0) is 6.61 Å². The molecule has 4 rings (SSSR count). The highest BCUT2D eigenvalue weighted by atomic mass is 16.6. The Kier molecular flexibility index (Phi) is 5.29. The second-order valence-electron chi connectivity index (χ2n) is 6.50. The molecule has 0 aromatic heterocycles. The smallest absolute Gasteiger partial charge is 0.269 e. The van der Waals surface area contributed by atoms with E-state index >= 15 is 0 Å². The van der Waals surface area contributed by atoms with Crippen molar-refractivity contribution in [3.05, 3.63) is 112 Å². The van der Waals surface area contributed by atoms with Gasteiger partial charge in [0.1, 0.15) is 12.4 Å². The molecule has 0 bridgehead atoms. The fourth-order valence-corrected chi connectivity index (χ4v) is 3.07. The van der Waals surface area contributed by atoms with E-state index in [-0.39, 0.29) is 5.69 Å². The van der Waals surface area contributed by atoms with E-state index in [1.165, 1.54) is 12.1 Å². The molecule has 0 aliphatic heterocycles. The van der Waals surface area contributed by atoms with E-state index in [1.54, 1.807) is 18.3 Å². The van der Waals surface area contributed by atoms with Crippen LogP contribution < -0.4 is 4.74 Å². The Morgan fingerprint density at radius 1 is 0.862 bits per heavy atom. The molecule has 0 spiro atoms. The highest BCUT2D eigenvalue weighted by Gasteiger charge is 2.08. The van der Waals surface area contributed by atoms with Crippen molar-refractivity contribution in [3.63, 3.8) is 0 Å². The fraction of sp³-hybridized carbons (Fsp3) is 0.0417. The average molecular weight is 382 g/mol. The molecule has 4 aromatic carbocycles. The molecular formula is C24H18N2O3. The minimum Gasteiger partial charge on any atom is -0.488 e. The van der Waals surface area contributed by atoms with Gasteiger partial charge in [0.05, 0.1) is 10.6 Å². The molecule has 4 aromatic rings. The number of nitro groups is 1. The third-order valence-electron chi connectivity index (χ3n) is 4.57. The first-order valence-electron chi connectivity index (χ1n) is 9.18. The Bertz CT molecular complexity index is 1170. The van der Waals surface area contributed by atoms with Gasteiger partial charge in [-0.2, -0.15) is 0 Å². The summed E-state index contributed by atoms with van der Waals surface area (Å²) in [4.78, 5) is 14.9. The van der Waals surface area contributed by atoms with E-state index in [1.807, 2.05) is 66.7 Å². The predicted octanol–water partition coefficient (Wildman–Crippen LogP) is 6.08. The molecule has 0 saturated heterocycles. The van der Waals surface area contributed by atoms with Crippen LogP contribution in [0.2, 0.25) is 0 Å². The first kappa shape index (κ1) is 18.4. The van der Waals surface area contributed by atoms with Crippen molar-refractivity contribution in [2.75, 3.05) is 0 Å². The first-order valence-corrected chi connectivity index (χ1v) is 9.18. The third kappa shape index (κ3) is 4.30. The molecule has 0 N–H and O–H groups in total. The van der Waals surface area contributed by atoms with Crippen LogP contribution in [0.3, 0.4) is 0 Å². The zero-order valence-electron chi connectivity index (χ0n) is 15.6. The molecule has 5 heteroatoms. The number of fused-ring (bicyclic) bond motifs is 1. The van der Waals surface area contributed by atoms with Gasteiger partial charge in [-0.1, -0.05) is 60.7 Å². The van der Waals surface area contributed by atoms with Crippen LogP contribution in [0.4, 0.5) is 11.4 Å². The van der Waals surface area contributed by atoms with Gasteiger partial charge in [0, 0.05) is 23.9 Å². The zero-order chi connectivity index (χ0) is 20.1. The number of ether oxygens (including phenoxy) is 1. The molecule has 0 aliphatic carbocycles. The summed E-state index contributed by atoms with van der Waals surface area (Å²) in [6, 6.07) is 28.1. The molecule has 0 heterocycles. The van der Waals surface area contributed by atoms with Crippen molar-refractivity contribution < 1.29 is 9.66 Å². The van der Waals surface area contributed by atoms with Gasteiger partial charge in [-0.05, 0) is 34.5 Å². The fourth-order valence-electron chi connectivity index (χ4n) is 3.07. The minimum atomic E-state index is -0.423. The van der Waals surface area contributed by atoms with E-state index in [0.717, 1.165) is 27.6 Å². The van der Waals surface area contributed by atoms with Crippen LogP contribution in [0.1, 0.15) is 11.1 Å². The van der Waals surface area contributed by atoms with Gasteiger partial charge in [-0.3, -0.25) is 15.1 Å². The molecule has 142 valence electrons. The Hall–Kier alpha value is -3.99. The van der Waals surface area contributed by atoms with Gasteiger partial charge < -0.3 is 4.74 Å². The van der Waals surface area contributed by atoms with E-state index in [9.17, 15) is 10.1 Å². The van der Waals surface area contributed by atoms with Crippen molar-refractivity contribution in [2.45, 2.75) is 6.61 Å². The first-order chi connectivity index (χ1) is 14.2. The van der Waals surface area contributed by atoms with Gasteiger partial charge in [0.25, 0.3) is 5.69 Å². The second-order valence-corrected chi connectivity index (χ2v) is 6.50. The lowest BCUT2D eigenvalue weighted by Crippen LogP contribution is -1.99. The summed E-state index contributed by atoms with van der Waals surface area (Å²) in [5, 5.41) is 12.9. The molecule has 0 unspecified atom stereocenters. The standard InChI is InChI=1S/C24H18N2O3/c27-26(28)21-13-11-20(12-14-21)25-16-23-22-9-5-4-8-19(22)10-15-24(23)29-17-18-6-2-1-3-7-18/h1-16H,17H2. The SMILES string of the molecule is O=[N+]([O-])c1ccc(N=Cc2c(OCc3ccccc3)ccc3ccccc23)cc1. The maximum absolute atomic E-state index is 10.8.